The first kappa shape index (κ1) is 15.0. The second kappa shape index (κ2) is 8.16. The molecule has 0 amide bonds. The van der Waals surface area contributed by atoms with Crippen LogP contribution in [-0.4, -0.2) is 37.4 Å². The van der Waals surface area contributed by atoms with Crippen LogP contribution in [0.5, 0.6) is 5.75 Å². The van der Waals surface area contributed by atoms with E-state index >= 15 is 0 Å². The van der Waals surface area contributed by atoms with Crippen molar-refractivity contribution in [3.8, 4) is 5.75 Å². The minimum atomic E-state index is -1.05. The van der Waals surface area contributed by atoms with E-state index in [2.05, 4.69) is 10.6 Å². The van der Waals surface area contributed by atoms with Crippen LogP contribution in [0.4, 0.5) is 0 Å². The zero-order chi connectivity index (χ0) is 13.4. The van der Waals surface area contributed by atoms with Gasteiger partial charge < -0.3 is 20.5 Å². The molecule has 2 rings (SSSR count). The molecule has 1 heterocycles. The summed E-state index contributed by atoms with van der Waals surface area (Å²) in [5, 5.41) is 15.3. The minimum absolute atomic E-state index is 0.300. The lowest BCUT2D eigenvalue weighted by Crippen LogP contribution is -2.11. The fraction of sp³-hybridized carbons (Fsp3) is 0.364. The molecule has 1 aromatic rings. The number of benzene rings is 1. The molecule has 0 atom stereocenters. The van der Waals surface area contributed by atoms with Gasteiger partial charge >= 0.3 is 5.97 Å². The molecule has 1 aliphatic rings. The molecular formula is C11H14Cl2N2O3. The second-order valence-corrected chi connectivity index (χ2v) is 4.28. The molecule has 100 valence electrons. The average molecular weight is 293 g/mol. The third-order valence-corrected chi connectivity index (χ3v) is 2.50. The van der Waals surface area contributed by atoms with Gasteiger partial charge in [0, 0.05) is 24.8 Å². The van der Waals surface area contributed by atoms with E-state index in [0.29, 0.717) is 15.8 Å². The molecule has 7 heteroatoms. The van der Waals surface area contributed by atoms with Gasteiger partial charge in [-0.2, -0.15) is 0 Å². The molecule has 1 aliphatic heterocycles. The van der Waals surface area contributed by atoms with E-state index in [-0.39, 0.29) is 0 Å². The van der Waals surface area contributed by atoms with Gasteiger partial charge in [-0.05, 0) is 18.2 Å². The van der Waals surface area contributed by atoms with Crippen LogP contribution < -0.4 is 15.4 Å². The Hall–Kier alpha value is -1.01. The van der Waals surface area contributed by atoms with Crippen LogP contribution in [-0.2, 0) is 4.79 Å². The lowest BCUT2D eigenvalue weighted by molar-refractivity contribution is -0.139. The molecule has 1 saturated heterocycles. The smallest absolute Gasteiger partial charge is 0.341 e. The molecule has 18 heavy (non-hydrogen) atoms. The van der Waals surface area contributed by atoms with Crippen molar-refractivity contribution in [2.45, 2.75) is 0 Å². The lowest BCUT2D eigenvalue weighted by Gasteiger charge is -2.04. The maximum Gasteiger partial charge on any atom is 0.341 e. The molecular weight excluding hydrogens is 279 g/mol. The number of rotatable bonds is 3. The van der Waals surface area contributed by atoms with Crippen molar-refractivity contribution in [1.82, 2.24) is 10.6 Å². The molecule has 1 fully saturated rings. The van der Waals surface area contributed by atoms with Crippen LogP contribution in [0.15, 0.2) is 18.2 Å². The summed E-state index contributed by atoms with van der Waals surface area (Å²) in [6.45, 7) is 2.86. The van der Waals surface area contributed by atoms with Gasteiger partial charge in [0.2, 0.25) is 0 Å². The molecule has 0 aliphatic carbocycles. The maximum absolute atomic E-state index is 10.2. The Balaban J connectivity index is 0.000000269. The van der Waals surface area contributed by atoms with Crippen LogP contribution in [0.25, 0.3) is 0 Å². The van der Waals surface area contributed by atoms with Crippen molar-refractivity contribution in [3.05, 3.63) is 28.2 Å². The number of nitrogens with one attached hydrogen (secondary N) is 2. The highest BCUT2D eigenvalue weighted by Gasteiger charge is 2.04. The normalized spacial score (nSPS) is 13.7. The Kier molecular flexibility index (Phi) is 6.82. The number of carboxylic acid groups (broad SMARTS) is 1. The molecule has 0 bridgehead atoms. The summed E-state index contributed by atoms with van der Waals surface area (Å²) < 4.78 is 4.86. The van der Waals surface area contributed by atoms with Gasteiger partial charge in [0.05, 0.1) is 5.02 Å². The Labute approximate surface area is 115 Å². The molecule has 0 saturated carbocycles. The van der Waals surface area contributed by atoms with E-state index in [9.17, 15) is 4.79 Å². The van der Waals surface area contributed by atoms with E-state index in [4.69, 9.17) is 33.0 Å². The third-order valence-electron chi connectivity index (χ3n) is 1.97. The van der Waals surface area contributed by atoms with Gasteiger partial charge in [0.15, 0.2) is 6.61 Å². The van der Waals surface area contributed by atoms with Gasteiger partial charge in [-0.1, -0.05) is 23.2 Å². The summed E-state index contributed by atoms with van der Waals surface area (Å²) in [6.07, 6.45) is 0. The highest BCUT2D eigenvalue weighted by atomic mass is 35.5. The van der Waals surface area contributed by atoms with Crippen molar-refractivity contribution in [3.63, 3.8) is 0 Å². The van der Waals surface area contributed by atoms with Gasteiger partial charge in [-0.25, -0.2) is 4.79 Å². The Morgan fingerprint density at radius 3 is 2.44 bits per heavy atom. The van der Waals surface area contributed by atoms with Crippen molar-refractivity contribution >= 4 is 29.2 Å². The van der Waals surface area contributed by atoms with Crippen molar-refractivity contribution in [2.75, 3.05) is 26.4 Å². The van der Waals surface area contributed by atoms with Gasteiger partial charge in [0.1, 0.15) is 5.75 Å². The first-order chi connectivity index (χ1) is 8.59. The zero-order valence-corrected chi connectivity index (χ0v) is 11.1. The Morgan fingerprint density at radius 2 is 2.00 bits per heavy atom. The van der Waals surface area contributed by atoms with Crippen LogP contribution in [0.2, 0.25) is 10.0 Å². The summed E-state index contributed by atoms with van der Waals surface area (Å²) in [5.74, 6) is -0.737. The number of ether oxygens (including phenoxy) is 1. The highest BCUT2D eigenvalue weighted by molar-refractivity contribution is 6.35. The van der Waals surface area contributed by atoms with Crippen molar-refractivity contribution < 1.29 is 14.6 Å². The number of carboxylic acids is 1. The standard InChI is InChI=1S/C8H6Cl2O3.C3H8N2/c9-5-1-2-7(6(10)3-5)13-4-8(11)12;1-2-5-3-4-1/h1-3H,4H2,(H,11,12);4-5H,1-3H2. The summed E-state index contributed by atoms with van der Waals surface area (Å²) in [7, 11) is 0. The molecule has 0 spiro atoms. The lowest BCUT2D eigenvalue weighted by atomic mass is 10.3. The molecule has 1 aromatic carbocycles. The van der Waals surface area contributed by atoms with Crippen LogP contribution in [0.1, 0.15) is 0 Å². The highest BCUT2D eigenvalue weighted by Crippen LogP contribution is 2.27. The predicted octanol–water partition coefficient (Wildman–Crippen LogP) is 1.59. The largest absolute Gasteiger partial charge is 0.480 e. The number of carbonyl (C=O) groups is 1. The van der Waals surface area contributed by atoms with Crippen LogP contribution >= 0.6 is 23.2 Å². The monoisotopic (exact) mass is 292 g/mol. The fourth-order valence-electron chi connectivity index (χ4n) is 1.17. The van der Waals surface area contributed by atoms with E-state index in [0.717, 1.165) is 19.8 Å². The SMILES string of the molecule is C1CNCN1.O=C(O)COc1ccc(Cl)cc1Cl. The topological polar surface area (TPSA) is 70.6 Å². The number of hydrogen-bond acceptors (Lipinski definition) is 4. The van der Waals surface area contributed by atoms with E-state index in [1.807, 2.05) is 0 Å². The predicted molar refractivity (Wildman–Crippen MR) is 70.5 cm³/mol. The summed E-state index contributed by atoms with van der Waals surface area (Å²) in [5.41, 5.74) is 0. The van der Waals surface area contributed by atoms with E-state index < -0.39 is 12.6 Å². The third kappa shape index (κ3) is 6.07. The summed E-state index contributed by atoms with van der Waals surface area (Å²) >= 11 is 11.3. The molecule has 0 unspecified atom stereocenters. The molecule has 3 N–H and O–H groups in total. The maximum atomic E-state index is 10.2. The number of halogens is 2. The first-order valence-electron chi connectivity index (χ1n) is 5.30. The summed E-state index contributed by atoms with van der Waals surface area (Å²) in [4.78, 5) is 10.2. The van der Waals surface area contributed by atoms with Crippen molar-refractivity contribution in [2.24, 2.45) is 0 Å². The van der Waals surface area contributed by atoms with Crippen LogP contribution in [0, 0.1) is 0 Å². The molecule has 0 aromatic heterocycles. The molecule has 5 nitrogen and oxygen atoms in total. The second-order valence-electron chi connectivity index (χ2n) is 3.43. The minimum Gasteiger partial charge on any atom is -0.480 e. The number of hydrogen-bond donors (Lipinski definition) is 3. The first-order valence-corrected chi connectivity index (χ1v) is 6.06. The Bertz CT molecular complexity index is 390. The van der Waals surface area contributed by atoms with Gasteiger partial charge in [-0.15, -0.1) is 0 Å². The number of aliphatic carboxylic acids is 1. The fourth-order valence-corrected chi connectivity index (χ4v) is 1.64. The zero-order valence-electron chi connectivity index (χ0n) is 9.58. The van der Waals surface area contributed by atoms with Crippen LogP contribution in [0.3, 0.4) is 0 Å². The van der Waals surface area contributed by atoms with Gasteiger partial charge in [0.25, 0.3) is 0 Å². The summed E-state index contributed by atoms with van der Waals surface area (Å²) in [6, 6.07) is 4.58. The molecule has 0 radical (unpaired) electrons. The average Bonchev–Trinajstić information content (AvgIpc) is 2.86. The quantitative estimate of drug-likeness (QED) is 0.789. The van der Waals surface area contributed by atoms with E-state index in [1.54, 1.807) is 6.07 Å². The van der Waals surface area contributed by atoms with Crippen molar-refractivity contribution in [1.29, 1.82) is 0 Å². The van der Waals surface area contributed by atoms with E-state index in [1.165, 1.54) is 12.1 Å². The van der Waals surface area contributed by atoms with Gasteiger partial charge in [-0.3, -0.25) is 0 Å². The Morgan fingerprint density at radius 1 is 1.33 bits per heavy atom.